The van der Waals surface area contributed by atoms with E-state index in [-0.39, 0.29) is 12.1 Å². The molecule has 1 aliphatic heterocycles. The van der Waals surface area contributed by atoms with Crippen molar-refractivity contribution in [1.82, 2.24) is 15.1 Å². The molecule has 1 atom stereocenters. The van der Waals surface area contributed by atoms with Crippen molar-refractivity contribution in [2.24, 2.45) is 0 Å². The number of ether oxygens (including phenoxy) is 1. The molecule has 4 aromatic rings. The van der Waals surface area contributed by atoms with E-state index in [1.165, 1.54) is 0 Å². The van der Waals surface area contributed by atoms with Gasteiger partial charge in [-0.3, -0.25) is 0 Å². The number of methoxy groups -OCH3 is 1. The normalized spacial score (nSPS) is 15.4. The number of nitrogens with zero attached hydrogens (tertiary/aromatic N) is 5. The maximum Gasteiger partial charge on any atom is 0.322 e. The summed E-state index contributed by atoms with van der Waals surface area (Å²) in [5.74, 6) is 1.62. The Hall–Kier alpha value is -4.64. The van der Waals surface area contributed by atoms with Gasteiger partial charge in [0.15, 0.2) is 5.82 Å². The largest absolute Gasteiger partial charge is 0.497 e. The Kier molecular flexibility index (Phi) is 6.37. The van der Waals surface area contributed by atoms with Gasteiger partial charge in [-0.15, -0.1) is 10.2 Å². The summed E-state index contributed by atoms with van der Waals surface area (Å²) >= 11 is 0. The van der Waals surface area contributed by atoms with Crippen LogP contribution < -0.4 is 15.0 Å². The maximum absolute atomic E-state index is 12.9. The molecule has 1 aliphatic rings. The van der Waals surface area contributed by atoms with Crippen molar-refractivity contribution in [2.45, 2.75) is 13.0 Å². The molecule has 1 aromatic heterocycles. The number of fused-ring (bicyclic) bond motifs is 1. The number of anilines is 2. The average Bonchev–Trinajstić information content (AvgIpc) is 2.93. The Labute approximate surface area is 209 Å². The van der Waals surface area contributed by atoms with E-state index in [1.54, 1.807) is 31.4 Å². The minimum Gasteiger partial charge on any atom is -0.497 e. The lowest BCUT2D eigenvalue weighted by molar-refractivity contribution is 0.184. The van der Waals surface area contributed by atoms with Crippen LogP contribution in [0.4, 0.5) is 16.3 Å². The van der Waals surface area contributed by atoms with E-state index < -0.39 is 0 Å². The Morgan fingerprint density at radius 3 is 2.39 bits per heavy atom. The molecule has 36 heavy (non-hydrogen) atoms. The SMILES string of the molecule is COc1ccc(-c2nnc(N3CCN(C(=O)Nc4ccc(C#N)cc4)C(C)C3)c3ccccc23)cc1. The molecule has 5 rings (SSSR count). The number of nitriles is 1. The van der Waals surface area contributed by atoms with Gasteiger partial charge in [0.2, 0.25) is 0 Å². The first-order valence-corrected chi connectivity index (χ1v) is 11.8. The van der Waals surface area contributed by atoms with E-state index in [2.05, 4.69) is 38.6 Å². The highest BCUT2D eigenvalue weighted by atomic mass is 16.5. The van der Waals surface area contributed by atoms with Gasteiger partial charge in [0.25, 0.3) is 0 Å². The zero-order valence-electron chi connectivity index (χ0n) is 20.2. The van der Waals surface area contributed by atoms with Crippen molar-refractivity contribution in [3.8, 4) is 23.1 Å². The maximum atomic E-state index is 12.9. The van der Waals surface area contributed by atoms with Crippen molar-refractivity contribution in [3.05, 3.63) is 78.4 Å². The van der Waals surface area contributed by atoms with Gasteiger partial charge < -0.3 is 19.9 Å². The highest BCUT2D eigenvalue weighted by Crippen LogP contribution is 2.33. The van der Waals surface area contributed by atoms with Crippen LogP contribution in [0.3, 0.4) is 0 Å². The lowest BCUT2D eigenvalue weighted by atomic mass is 10.0. The van der Waals surface area contributed by atoms with Gasteiger partial charge in [-0.05, 0) is 55.5 Å². The van der Waals surface area contributed by atoms with E-state index in [4.69, 9.17) is 10.00 Å². The fourth-order valence-corrected chi connectivity index (χ4v) is 4.56. The standard InChI is InChI=1S/C28H26N6O2/c1-19-18-33(15-16-34(19)28(35)30-22-11-7-20(17-29)8-12-22)27-25-6-4-3-5-24(25)26(31-32-27)21-9-13-23(36-2)14-10-21/h3-14,19H,15-16,18H2,1-2H3,(H,30,35). The van der Waals surface area contributed by atoms with Crippen molar-refractivity contribution in [2.75, 3.05) is 37.0 Å². The quantitative estimate of drug-likeness (QED) is 0.447. The van der Waals surface area contributed by atoms with E-state index in [1.807, 2.05) is 48.2 Å². The summed E-state index contributed by atoms with van der Waals surface area (Å²) in [6.45, 7) is 3.87. The molecule has 2 amide bonds. The van der Waals surface area contributed by atoms with Crippen molar-refractivity contribution in [1.29, 1.82) is 5.26 Å². The molecule has 1 saturated heterocycles. The van der Waals surface area contributed by atoms with Gasteiger partial charge in [-0.1, -0.05) is 24.3 Å². The number of carbonyl (C=O) groups is 1. The molecular weight excluding hydrogens is 452 g/mol. The Morgan fingerprint density at radius 1 is 1.00 bits per heavy atom. The number of amides is 2. The molecule has 3 aromatic carbocycles. The second-order valence-electron chi connectivity index (χ2n) is 8.75. The van der Waals surface area contributed by atoms with Crippen molar-refractivity contribution >= 4 is 28.3 Å². The van der Waals surface area contributed by atoms with E-state index in [0.29, 0.717) is 30.9 Å². The third kappa shape index (κ3) is 4.51. The van der Waals surface area contributed by atoms with Gasteiger partial charge >= 0.3 is 6.03 Å². The molecule has 1 fully saturated rings. The molecule has 1 unspecified atom stereocenters. The summed E-state index contributed by atoms with van der Waals surface area (Å²) in [4.78, 5) is 17.0. The summed E-state index contributed by atoms with van der Waals surface area (Å²) < 4.78 is 5.28. The minimum atomic E-state index is -0.155. The number of urea groups is 1. The van der Waals surface area contributed by atoms with E-state index in [9.17, 15) is 4.79 Å². The van der Waals surface area contributed by atoms with Gasteiger partial charge in [-0.25, -0.2) is 4.79 Å². The highest BCUT2D eigenvalue weighted by molar-refractivity contribution is 6.00. The minimum absolute atomic E-state index is 0.0287. The summed E-state index contributed by atoms with van der Waals surface area (Å²) in [5, 5.41) is 23.2. The lowest BCUT2D eigenvalue weighted by Gasteiger charge is -2.40. The third-order valence-corrected chi connectivity index (χ3v) is 6.48. The number of rotatable bonds is 4. The van der Waals surface area contributed by atoms with Crippen LogP contribution in [0.2, 0.25) is 0 Å². The number of hydrogen-bond acceptors (Lipinski definition) is 6. The van der Waals surface area contributed by atoms with Gasteiger partial charge in [0, 0.05) is 47.7 Å². The molecule has 0 aliphatic carbocycles. The number of piperazine rings is 1. The fraction of sp³-hybridized carbons (Fsp3) is 0.214. The number of carbonyl (C=O) groups excluding carboxylic acids is 1. The molecule has 0 saturated carbocycles. The highest BCUT2D eigenvalue weighted by Gasteiger charge is 2.29. The van der Waals surface area contributed by atoms with Gasteiger partial charge in [-0.2, -0.15) is 5.26 Å². The number of aromatic nitrogens is 2. The lowest BCUT2D eigenvalue weighted by Crippen LogP contribution is -2.55. The molecule has 2 heterocycles. The first-order valence-electron chi connectivity index (χ1n) is 11.8. The zero-order chi connectivity index (χ0) is 25.1. The number of benzene rings is 3. The molecule has 8 nitrogen and oxygen atoms in total. The van der Waals surface area contributed by atoms with E-state index in [0.717, 1.165) is 33.6 Å². The van der Waals surface area contributed by atoms with Crippen LogP contribution >= 0.6 is 0 Å². The Morgan fingerprint density at radius 2 is 1.72 bits per heavy atom. The summed E-state index contributed by atoms with van der Waals surface area (Å²) in [6.07, 6.45) is 0. The first-order chi connectivity index (χ1) is 17.6. The van der Waals surface area contributed by atoms with Crippen LogP contribution in [0, 0.1) is 11.3 Å². The van der Waals surface area contributed by atoms with Crippen LogP contribution in [0.15, 0.2) is 72.8 Å². The fourth-order valence-electron chi connectivity index (χ4n) is 4.56. The molecule has 0 bridgehead atoms. The van der Waals surface area contributed by atoms with Crippen LogP contribution in [-0.2, 0) is 0 Å². The summed E-state index contributed by atoms with van der Waals surface area (Å²) in [6, 6.07) is 24.7. The molecule has 180 valence electrons. The average molecular weight is 479 g/mol. The third-order valence-electron chi connectivity index (χ3n) is 6.48. The van der Waals surface area contributed by atoms with Gasteiger partial charge in [0.05, 0.1) is 18.7 Å². The molecular formula is C28H26N6O2. The molecule has 0 spiro atoms. The zero-order valence-corrected chi connectivity index (χ0v) is 20.2. The predicted molar refractivity (Wildman–Crippen MR) is 140 cm³/mol. The number of nitrogens with one attached hydrogen (secondary N) is 1. The first kappa shape index (κ1) is 23.1. The number of hydrogen-bond donors (Lipinski definition) is 1. The van der Waals surface area contributed by atoms with Crippen LogP contribution in [-0.4, -0.2) is 53.9 Å². The Bertz CT molecular complexity index is 1430. The monoisotopic (exact) mass is 478 g/mol. The molecule has 8 heteroatoms. The summed E-state index contributed by atoms with van der Waals surface area (Å²) in [7, 11) is 1.65. The molecule has 0 radical (unpaired) electrons. The second-order valence-corrected chi connectivity index (χ2v) is 8.75. The van der Waals surface area contributed by atoms with Crippen molar-refractivity contribution < 1.29 is 9.53 Å². The van der Waals surface area contributed by atoms with Crippen molar-refractivity contribution in [3.63, 3.8) is 0 Å². The van der Waals surface area contributed by atoms with Crippen LogP contribution in [0.1, 0.15) is 12.5 Å². The second kappa shape index (κ2) is 9.92. The van der Waals surface area contributed by atoms with Gasteiger partial charge in [0.1, 0.15) is 11.4 Å². The van der Waals surface area contributed by atoms with E-state index >= 15 is 0 Å². The smallest absolute Gasteiger partial charge is 0.322 e. The van der Waals surface area contributed by atoms with Crippen LogP contribution in [0.25, 0.3) is 22.0 Å². The topological polar surface area (TPSA) is 94.4 Å². The predicted octanol–water partition coefficient (Wildman–Crippen LogP) is 4.92. The molecule has 1 N–H and O–H groups in total. The van der Waals surface area contributed by atoms with Crippen LogP contribution in [0.5, 0.6) is 5.75 Å². The summed E-state index contributed by atoms with van der Waals surface area (Å²) in [5.41, 5.74) is 3.02. The Balaban J connectivity index is 1.35.